The summed E-state index contributed by atoms with van der Waals surface area (Å²) in [6, 6.07) is 86.4. The third-order valence-corrected chi connectivity index (χ3v) is 13.1. The Kier molecular flexibility index (Phi) is 10.2. The molecule has 0 saturated heterocycles. The summed E-state index contributed by atoms with van der Waals surface area (Å²) in [5.41, 5.74) is 15.5. The number of rotatable bonds is 11. The molecule has 326 valence electrons. The van der Waals surface area contributed by atoms with E-state index in [4.69, 9.17) is 9.47 Å². The predicted octanol–water partition coefficient (Wildman–Crippen LogP) is 16.5. The zero-order valence-corrected chi connectivity index (χ0v) is 37.7. The highest BCUT2D eigenvalue weighted by atomic mass is 16.5. The Hall–Kier alpha value is -9.00. The zero-order chi connectivity index (χ0) is 45.6. The normalized spacial score (nSPS) is 11.4. The SMILES string of the molecule is COc1ccc(N(c2ccc(-c3ccc(N(c4ccc(OC)cc4)c4ccc5c(c4)c4ccccc4n5-c4ccccc4)cc3)cc2)c2ccc3c(c2)c2ccccc2n3-c2ccccc2)cc1. The molecule has 6 nitrogen and oxygen atoms in total. The number of para-hydroxylation sites is 4. The molecule has 0 fully saturated rings. The van der Waals surface area contributed by atoms with Crippen molar-refractivity contribution in [1.29, 1.82) is 0 Å². The van der Waals surface area contributed by atoms with E-state index in [9.17, 15) is 0 Å². The topological polar surface area (TPSA) is 34.8 Å². The molecule has 6 heteroatoms. The lowest BCUT2D eigenvalue weighted by Gasteiger charge is -2.26. The van der Waals surface area contributed by atoms with Crippen LogP contribution in [0.15, 0.2) is 243 Å². The lowest BCUT2D eigenvalue weighted by Crippen LogP contribution is -2.10. The molecular formula is C62H46N4O2. The summed E-state index contributed by atoms with van der Waals surface area (Å²) in [6.07, 6.45) is 0. The molecule has 0 aliphatic carbocycles. The molecule has 0 saturated carbocycles. The van der Waals surface area contributed by atoms with Gasteiger partial charge in [0.2, 0.25) is 0 Å². The molecule has 0 radical (unpaired) electrons. The maximum absolute atomic E-state index is 5.58. The monoisotopic (exact) mass is 878 g/mol. The average molecular weight is 879 g/mol. The van der Waals surface area contributed by atoms with Crippen molar-refractivity contribution in [1.82, 2.24) is 9.13 Å². The molecule has 2 heterocycles. The smallest absolute Gasteiger partial charge is 0.119 e. The number of aromatic nitrogens is 2. The first-order valence-corrected chi connectivity index (χ1v) is 22.9. The summed E-state index contributed by atoms with van der Waals surface area (Å²) >= 11 is 0. The highest BCUT2D eigenvalue weighted by Gasteiger charge is 2.20. The Labute approximate surface area is 395 Å². The first kappa shape index (κ1) is 40.5. The van der Waals surface area contributed by atoms with Gasteiger partial charge >= 0.3 is 0 Å². The van der Waals surface area contributed by atoms with Crippen molar-refractivity contribution in [2.75, 3.05) is 24.0 Å². The van der Waals surface area contributed by atoms with Gasteiger partial charge in [0.15, 0.2) is 0 Å². The zero-order valence-electron chi connectivity index (χ0n) is 37.7. The van der Waals surface area contributed by atoms with E-state index in [1.54, 1.807) is 14.2 Å². The minimum Gasteiger partial charge on any atom is -0.497 e. The number of hydrogen-bond acceptors (Lipinski definition) is 4. The molecule has 0 atom stereocenters. The van der Waals surface area contributed by atoms with Gasteiger partial charge in [-0.2, -0.15) is 0 Å². The summed E-state index contributed by atoms with van der Waals surface area (Å²) in [7, 11) is 3.41. The van der Waals surface area contributed by atoms with Crippen molar-refractivity contribution in [3.05, 3.63) is 243 Å². The fourth-order valence-electron chi connectivity index (χ4n) is 9.87. The molecule has 0 aliphatic heterocycles. The van der Waals surface area contributed by atoms with Gasteiger partial charge in [-0.15, -0.1) is 0 Å². The maximum atomic E-state index is 5.58. The van der Waals surface area contributed by atoms with E-state index in [0.717, 1.165) is 79.2 Å². The van der Waals surface area contributed by atoms with Gasteiger partial charge in [-0.3, -0.25) is 0 Å². The van der Waals surface area contributed by atoms with E-state index < -0.39 is 0 Å². The Bertz CT molecular complexity index is 3480. The molecular weight excluding hydrogens is 833 g/mol. The van der Waals surface area contributed by atoms with E-state index in [-0.39, 0.29) is 0 Å². The van der Waals surface area contributed by atoms with Crippen molar-refractivity contribution in [3.8, 4) is 34.0 Å². The molecule has 12 aromatic rings. The number of anilines is 6. The second kappa shape index (κ2) is 17.1. The lowest BCUT2D eigenvalue weighted by atomic mass is 10.0. The Morgan fingerprint density at radius 2 is 0.588 bits per heavy atom. The second-order valence-electron chi connectivity index (χ2n) is 16.9. The first-order chi connectivity index (χ1) is 33.6. The van der Waals surface area contributed by atoms with Crippen molar-refractivity contribution in [2.24, 2.45) is 0 Å². The number of ether oxygens (including phenoxy) is 2. The highest BCUT2D eigenvalue weighted by molar-refractivity contribution is 6.12. The fraction of sp³-hybridized carbons (Fsp3) is 0.0323. The van der Waals surface area contributed by atoms with Crippen LogP contribution in [0.4, 0.5) is 34.1 Å². The summed E-state index contributed by atoms with van der Waals surface area (Å²) in [4.78, 5) is 4.64. The van der Waals surface area contributed by atoms with Crippen LogP contribution in [0.1, 0.15) is 0 Å². The van der Waals surface area contributed by atoms with E-state index in [0.29, 0.717) is 0 Å². The van der Waals surface area contributed by atoms with Crippen LogP contribution in [0, 0.1) is 0 Å². The molecule has 12 rings (SSSR count). The molecule has 0 amide bonds. The third-order valence-electron chi connectivity index (χ3n) is 13.1. The number of benzene rings is 10. The van der Waals surface area contributed by atoms with Crippen LogP contribution >= 0.6 is 0 Å². The first-order valence-electron chi connectivity index (χ1n) is 22.9. The number of fused-ring (bicyclic) bond motifs is 6. The molecule has 0 aliphatic rings. The minimum absolute atomic E-state index is 0.815. The summed E-state index contributed by atoms with van der Waals surface area (Å²) in [6.45, 7) is 0. The number of hydrogen-bond donors (Lipinski definition) is 0. The van der Waals surface area contributed by atoms with Crippen LogP contribution in [0.5, 0.6) is 11.5 Å². The van der Waals surface area contributed by atoms with Crippen LogP contribution in [0.25, 0.3) is 66.1 Å². The van der Waals surface area contributed by atoms with E-state index in [1.165, 1.54) is 32.6 Å². The van der Waals surface area contributed by atoms with Gasteiger partial charge in [-0.25, -0.2) is 0 Å². The summed E-state index contributed by atoms with van der Waals surface area (Å²) < 4.78 is 15.9. The quantitative estimate of drug-likeness (QED) is 0.130. The van der Waals surface area contributed by atoms with Crippen LogP contribution in [-0.2, 0) is 0 Å². The molecule has 10 aromatic carbocycles. The van der Waals surface area contributed by atoms with Gasteiger partial charge in [0.1, 0.15) is 11.5 Å². The summed E-state index contributed by atoms with van der Waals surface area (Å²) in [5, 5.41) is 4.81. The lowest BCUT2D eigenvalue weighted by molar-refractivity contribution is 0.414. The third kappa shape index (κ3) is 7.07. The van der Waals surface area contributed by atoms with Crippen molar-refractivity contribution < 1.29 is 9.47 Å². The van der Waals surface area contributed by atoms with Crippen molar-refractivity contribution in [3.63, 3.8) is 0 Å². The molecule has 0 unspecified atom stereocenters. The van der Waals surface area contributed by atoms with E-state index >= 15 is 0 Å². The van der Waals surface area contributed by atoms with Gasteiger partial charge in [0.25, 0.3) is 0 Å². The maximum Gasteiger partial charge on any atom is 0.119 e. The van der Waals surface area contributed by atoms with Crippen molar-refractivity contribution >= 4 is 77.7 Å². The Morgan fingerprint density at radius 1 is 0.279 bits per heavy atom. The number of nitrogens with zero attached hydrogens (tertiary/aromatic N) is 4. The molecule has 0 spiro atoms. The van der Waals surface area contributed by atoms with Gasteiger partial charge in [-0.05, 0) is 157 Å². The van der Waals surface area contributed by atoms with Crippen molar-refractivity contribution in [2.45, 2.75) is 0 Å². The average Bonchev–Trinajstić information content (AvgIpc) is 3.92. The molecule has 68 heavy (non-hydrogen) atoms. The van der Waals surface area contributed by atoms with Crippen LogP contribution in [0.3, 0.4) is 0 Å². The fourth-order valence-corrected chi connectivity index (χ4v) is 9.87. The van der Waals surface area contributed by atoms with Gasteiger partial charge in [0, 0.05) is 67.0 Å². The van der Waals surface area contributed by atoms with E-state index in [2.05, 4.69) is 237 Å². The van der Waals surface area contributed by atoms with Crippen LogP contribution in [0.2, 0.25) is 0 Å². The highest BCUT2D eigenvalue weighted by Crippen LogP contribution is 2.43. The second-order valence-corrected chi connectivity index (χ2v) is 16.9. The van der Waals surface area contributed by atoms with Crippen LogP contribution < -0.4 is 19.3 Å². The molecule has 2 aromatic heterocycles. The van der Waals surface area contributed by atoms with E-state index in [1.807, 2.05) is 24.3 Å². The standard InChI is InChI=1S/C62H46N4O2/c1-67-53-35-29-49(30-36-53)63(51-33-39-61-57(41-51)55-17-9-11-19-59(55)65(61)45-13-5-3-6-14-45)47-25-21-43(22-26-47)44-23-27-48(28-24-44)64(50-31-37-54(68-2)38-32-50)52-34-40-62-58(42-52)56-18-10-12-20-60(56)66(62)46-15-7-4-8-16-46/h3-42H,1-2H3. The minimum atomic E-state index is 0.815. The van der Waals surface area contributed by atoms with Gasteiger partial charge < -0.3 is 28.4 Å². The van der Waals surface area contributed by atoms with Gasteiger partial charge in [0.05, 0.1) is 36.3 Å². The molecule has 0 bridgehead atoms. The number of methoxy groups -OCH3 is 2. The largest absolute Gasteiger partial charge is 0.497 e. The Balaban J connectivity index is 0.914. The van der Waals surface area contributed by atoms with Crippen LogP contribution in [-0.4, -0.2) is 23.4 Å². The predicted molar refractivity (Wildman–Crippen MR) is 283 cm³/mol. The molecule has 0 N–H and O–H groups in total. The summed E-state index contributed by atoms with van der Waals surface area (Å²) in [5.74, 6) is 1.63. The van der Waals surface area contributed by atoms with Gasteiger partial charge in [-0.1, -0.05) is 97.1 Å². The Morgan fingerprint density at radius 3 is 0.956 bits per heavy atom.